The van der Waals surface area contributed by atoms with Gasteiger partial charge < -0.3 is 9.15 Å². The van der Waals surface area contributed by atoms with Crippen molar-refractivity contribution >= 4 is 34.6 Å². The Bertz CT molecular complexity index is 891. The van der Waals surface area contributed by atoms with E-state index in [1.54, 1.807) is 17.5 Å². The molecule has 0 unspecified atom stereocenters. The van der Waals surface area contributed by atoms with Crippen LogP contribution in [0.3, 0.4) is 0 Å². The molecule has 0 spiro atoms. The highest BCUT2D eigenvalue weighted by molar-refractivity contribution is 7.13. The molecule has 2 aromatic heterocycles. The lowest BCUT2D eigenvalue weighted by Crippen LogP contribution is -2.08. The van der Waals surface area contributed by atoms with Gasteiger partial charge in [0.05, 0.1) is 16.9 Å². The molecule has 24 heavy (non-hydrogen) atoms. The molecule has 1 aromatic carbocycles. The van der Waals surface area contributed by atoms with E-state index in [1.165, 1.54) is 29.7 Å². The summed E-state index contributed by atoms with van der Waals surface area (Å²) < 4.78 is 10.3. The second-order valence-corrected chi connectivity index (χ2v) is 5.91. The lowest BCUT2D eigenvalue weighted by Gasteiger charge is -2.04. The van der Waals surface area contributed by atoms with Crippen LogP contribution in [0.4, 0.5) is 5.69 Å². The van der Waals surface area contributed by atoms with Crippen molar-refractivity contribution in [1.82, 2.24) is 4.98 Å². The minimum Gasteiger partial charge on any atom is -0.462 e. The highest BCUT2D eigenvalue weighted by Crippen LogP contribution is 2.26. The van der Waals surface area contributed by atoms with Crippen LogP contribution in [0.5, 0.6) is 0 Å². The third-order valence-electron chi connectivity index (χ3n) is 3.01. The minimum absolute atomic E-state index is 0.101. The van der Waals surface area contributed by atoms with Crippen LogP contribution < -0.4 is 0 Å². The first-order chi connectivity index (χ1) is 11.5. The molecular formula is C15H9ClN2O5S. The molecule has 0 aliphatic heterocycles. The first-order valence-electron chi connectivity index (χ1n) is 6.64. The minimum atomic E-state index is -0.814. The van der Waals surface area contributed by atoms with Gasteiger partial charge in [0.2, 0.25) is 0 Å². The standard InChI is InChI=1S/C15H9ClN2O5S/c16-9-3-4-11(12(6-9)18(20)21)15(19)23-7-10-8-24-14(17-10)13-2-1-5-22-13/h1-6,8H,7H2. The summed E-state index contributed by atoms with van der Waals surface area (Å²) in [4.78, 5) is 26.7. The summed E-state index contributed by atoms with van der Waals surface area (Å²) in [5, 5.41) is 13.6. The fourth-order valence-corrected chi connectivity index (χ4v) is 2.87. The Labute approximate surface area is 144 Å². The largest absolute Gasteiger partial charge is 0.462 e. The SMILES string of the molecule is O=C(OCc1csc(-c2ccco2)n1)c1ccc(Cl)cc1[N+](=O)[O-]. The van der Waals surface area contributed by atoms with Gasteiger partial charge >= 0.3 is 5.97 Å². The number of rotatable bonds is 5. The van der Waals surface area contributed by atoms with E-state index in [2.05, 4.69) is 4.98 Å². The normalized spacial score (nSPS) is 10.5. The smallest absolute Gasteiger partial charge is 0.345 e. The third-order valence-corrected chi connectivity index (χ3v) is 4.15. The lowest BCUT2D eigenvalue weighted by atomic mass is 10.2. The van der Waals surface area contributed by atoms with Gasteiger partial charge in [-0.05, 0) is 24.3 Å². The van der Waals surface area contributed by atoms with Crippen molar-refractivity contribution in [3.05, 3.63) is 68.4 Å². The molecule has 0 radical (unpaired) electrons. The summed E-state index contributed by atoms with van der Waals surface area (Å²) in [6, 6.07) is 7.28. The van der Waals surface area contributed by atoms with Gasteiger partial charge in [-0.1, -0.05) is 11.6 Å². The molecule has 0 aliphatic carbocycles. The van der Waals surface area contributed by atoms with Crippen molar-refractivity contribution in [2.45, 2.75) is 6.61 Å². The zero-order chi connectivity index (χ0) is 17.1. The summed E-state index contributed by atoms with van der Waals surface area (Å²) in [5.74, 6) is -0.197. The van der Waals surface area contributed by atoms with Gasteiger partial charge in [0.1, 0.15) is 12.2 Å². The van der Waals surface area contributed by atoms with Gasteiger partial charge in [-0.25, -0.2) is 9.78 Å². The summed E-state index contributed by atoms with van der Waals surface area (Å²) in [6.45, 7) is -0.101. The van der Waals surface area contributed by atoms with Crippen molar-refractivity contribution in [2.24, 2.45) is 0 Å². The van der Waals surface area contributed by atoms with Crippen LogP contribution in [-0.2, 0) is 11.3 Å². The summed E-state index contributed by atoms with van der Waals surface area (Å²) in [5.41, 5.74) is -0.0377. The number of hydrogen-bond donors (Lipinski definition) is 0. The van der Waals surface area contributed by atoms with Crippen LogP contribution in [0.2, 0.25) is 5.02 Å². The van der Waals surface area contributed by atoms with E-state index in [0.717, 1.165) is 6.07 Å². The molecule has 7 nitrogen and oxygen atoms in total. The number of nitro groups is 1. The number of aromatic nitrogens is 1. The molecule has 2 heterocycles. The highest BCUT2D eigenvalue weighted by Gasteiger charge is 2.22. The van der Waals surface area contributed by atoms with Crippen molar-refractivity contribution < 1.29 is 18.9 Å². The van der Waals surface area contributed by atoms with Crippen molar-refractivity contribution in [1.29, 1.82) is 0 Å². The average Bonchev–Trinajstić information content (AvgIpc) is 3.23. The van der Waals surface area contributed by atoms with Crippen LogP contribution in [0.15, 0.2) is 46.4 Å². The Morgan fingerprint density at radius 3 is 2.96 bits per heavy atom. The zero-order valence-corrected chi connectivity index (χ0v) is 13.5. The van der Waals surface area contributed by atoms with Crippen LogP contribution in [0, 0.1) is 10.1 Å². The molecule has 0 saturated carbocycles. The Balaban J connectivity index is 1.71. The maximum absolute atomic E-state index is 12.1. The fraction of sp³-hybridized carbons (Fsp3) is 0.0667. The Morgan fingerprint density at radius 1 is 1.42 bits per heavy atom. The second kappa shape index (κ2) is 6.81. The number of esters is 1. The van der Waals surface area contributed by atoms with E-state index < -0.39 is 16.6 Å². The molecule has 122 valence electrons. The first-order valence-corrected chi connectivity index (χ1v) is 7.89. The number of carbonyl (C=O) groups excluding carboxylic acids is 1. The highest BCUT2D eigenvalue weighted by atomic mass is 35.5. The van der Waals surface area contributed by atoms with Gasteiger partial charge in [0.15, 0.2) is 10.8 Å². The summed E-state index contributed by atoms with van der Waals surface area (Å²) in [6.07, 6.45) is 1.54. The second-order valence-electron chi connectivity index (χ2n) is 4.62. The van der Waals surface area contributed by atoms with Gasteiger partial charge in [-0.15, -0.1) is 11.3 Å². The number of hydrogen-bond acceptors (Lipinski definition) is 7. The van der Waals surface area contributed by atoms with Crippen LogP contribution in [-0.4, -0.2) is 15.9 Å². The maximum atomic E-state index is 12.1. The quantitative estimate of drug-likeness (QED) is 0.380. The van der Waals surface area contributed by atoms with Crippen molar-refractivity contribution in [2.75, 3.05) is 0 Å². The molecule has 9 heteroatoms. The molecule has 0 N–H and O–H groups in total. The summed E-state index contributed by atoms with van der Waals surface area (Å²) >= 11 is 7.06. The van der Waals surface area contributed by atoms with E-state index in [1.807, 2.05) is 0 Å². The van der Waals surface area contributed by atoms with E-state index >= 15 is 0 Å². The van der Waals surface area contributed by atoms with Crippen molar-refractivity contribution in [3.63, 3.8) is 0 Å². The number of furan rings is 1. The molecule has 0 fully saturated rings. The monoisotopic (exact) mass is 364 g/mol. The number of thiazole rings is 1. The Morgan fingerprint density at radius 2 is 2.25 bits per heavy atom. The van der Waals surface area contributed by atoms with Gasteiger partial charge in [0, 0.05) is 16.5 Å². The number of carbonyl (C=O) groups is 1. The molecule has 0 atom stereocenters. The predicted octanol–water partition coefficient (Wildman–Crippen LogP) is 4.32. The molecule has 3 aromatic rings. The van der Waals surface area contributed by atoms with E-state index in [-0.39, 0.29) is 17.2 Å². The Kier molecular flexibility index (Phi) is 4.59. The number of nitro benzene ring substituents is 1. The average molecular weight is 365 g/mol. The lowest BCUT2D eigenvalue weighted by molar-refractivity contribution is -0.385. The molecule has 0 aliphatic rings. The molecular weight excluding hydrogens is 356 g/mol. The van der Waals surface area contributed by atoms with Crippen molar-refractivity contribution in [3.8, 4) is 10.8 Å². The van der Waals surface area contributed by atoms with Crippen LogP contribution >= 0.6 is 22.9 Å². The Hall–Kier alpha value is -2.71. The number of benzene rings is 1. The van der Waals surface area contributed by atoms with Crippen LogP contribution in [0.25, 0.3) is 10.8 Å². The van der Waals surface area contributed by atoms with E-state index in [9.17, 15) is 14.9 Å². The fourth-order valence-electron chi connectivity index (χ4n) is 1.93. The zero-order valence-electron chi connectivity index (χ0n) is 12.0. The maximum Gasteiger partial charge on any atom is 0.345 e. The topological polar surface area (TPSA) is 95.5 Å². The van der Waals surface area contributed by atoms with Gasteiger partial charge in [0.25, 0.3) is 5.69 Å². The molecule has 3 rings (SSSR count). The molecule has 0 bridgehead atoms. The number of nitrogens with zero attached hydrogens (tertiary/aromatic N) is 2. The predicted molar refractivity (Wildman–Crippen MR) is 87.0 cm³/mol. The number of halogens is 1. The third kappa shape index (κ3) is 3.44. The van der Waals surface area contributed by atoms with Crippen LogP contribution in [0.1, 0.15) is 16.1 Å². The van der Waals surface area contributed by atoms with Gasteiger partial charge in [-0.3, -0.25) is 10.1 Å². The molecule has 0 saturated heterocycles. The molecule has 0 amide bonds. The van der Waals surface area contributed by atoms with E-state index in [4.69, 9.17) is 20.8 Å². The van der Waals surface area contributed by atoms with E-state index in [0.29, 0.717) is 16.5 Å². The first kappa shape index (κ1) is 16.2. The summed E-state index contributed by atoms with van der Waals surface area (Å²) in [7, 11) is 0. The van der Waals surface area contributed by atoms with Gasteiger partial charge in [-0.2, -0.15) is 0 Å². The number of ether oxygens (including phenoxy) is 1.